The first-order chi connectivity index (χ1) is 12.0. The number of fused-ring (bicyclic) bond motifs is 1. The Hall–Kier alpha value is -2.22. The van der Waals surface area contributed by atoms with Gasteiger partial charge in [0.05, 0.1) is 5.75 Å². The third kappa shape index (κ3) is 4.25. The predicted molar refractivity (Wildman–Crippen MR) is 93.4 cm³/mol. The molecular weight excluding hydrogens is 340 g/mol. The van der Waals surface area contributed by atoms with Gasteiger partial charge in [-0.25, -0.2) is 13.9 Å². The topological polar surface area (TPSA) is 95.5 Å². The molecule has 0 aliphatic heterocycles. The zero-order chi connectivity index (χ0) is 17.9. The summed E-state index contributed by atoms with van der Waals surface area (Å²) in [5.41, 5.74) is 4.35. The average molecular weight is 360 g/mol. The van der Waals surface area contributed by atoms with Gasteiger partial charge < -0.3 is 0 Å². The second kappa shape index (κ2) is 7.35. The molecule has 0 saturated heterocycles. The van der Waals surface area contributed by atoms with Gasteiger partial charge in [0.15, 0.2) is 0 Å². The Kier molecular flexibility index (Phi) is 5.17. The maximum absolute atomic E-state index is 12.6. The normalized spacial score (nSPS) is 15.6. The fraction of sp³-hybridized carbons (Fsp3) is 0.278. The number of carbonyl (C=O) groups excluding carboxylic acids is 1. The fourth-order valence-corrected chi connectivity index (χ4v) is 4.84. The summed E-state index contributed by atoms with van der Waals surface area (Å²) in [7, 11) is -3.71. The molecule has 0 radical (unpaired) electrons. The summed E-state index contributed by atoms with van der Waals surface area (Å²) < 4.78 is 27.6. The maximum Gasteiger partial charge on any atom is 0.266 e. The molecule has 6 nitrogen and oxygen atoms in total. The van der Waals surface area contributed by atoms with Crippen LogP contribution in [0.4, 0.5) is 0 Å². The van der Waals surface area contributed by atoms with Crippen LogP contribution in [-0.2, 0) is 27.7 Å². The van der Waals surface area contributed by atoms with E-state index >= 15 is 0 Å². The van der Waals surface area contributed by atoms with Crippen LogP contribution in [0, 0.1) is 5.92 Å². The van der Waals surface area contributed by atoms with Crippen molar-refractivity contribution >= 4 is 15.9 Å². The standard InChI is InChI=1S/C18H20N2O4S/c21-18(19-22)17(14-6-2-1-3-7-14)20-25(23,24)12-13-10-15-8-4-5-9-16(15)11-13/h1-9,13,17,20,22H,10-12H2,(H,19,21). The van der Waals surface area contributed by atoms with E-state index in [2.05, 4.69) is 4.72 Å². The Balaban J connectivity index is 1.72. The molecule has 2 aromatic rings. The number of hydrogen-bond acceptors (Lipinski definition) is 4. The number of sulfonamides is 1. The molecule has 0 fully saturated rings. The van der Waals surface area contributed by atoms with E-state index in [4.69, 9.17) is 5.21 Å². The largest absolute Gasteiger partial charge is 0.289 e. The van der Waals surface area contributed by atoms with Gasteiger partial charge in [-0.05, 0) is 35.4 Å². The van der Waals surface area contributed by atoms with Crippen molar-refractivity contribution in [1.82, 2.24) is 10.2 Å². The van der Waals surface area contributed by atoms with Crippen molar-refractivity contribution in [2.45, 2.75) is 18.9 Å². The molecular formula is C18H20N2O4S. The van der Waals surface area contributed by atoms with E-state index < -0.39 is 22.0 Å². The minimum atomic E-state index is -3.71. The quantitative estimate of drug-likeness (QED) is 0.538. The maximum atomic E-state index is 12.6. The molecule has 0 saturated carbocycles. The van der Waals surface area contributed by atoms with Gasteiger partial charge in [-0.1, -0.05) is 54.6 Å². The summed E-state index contributed by atoms with van der Waals surface area (Å²) in [4.78, 5) is 11.9. The lowest BCUT2D eigenvalue weighted by molar-refractivity contribution is -0.131. The third-order valence-electron chi connectivity index (χ3n) is 4.39. The van der Waals surface area contributed by atoms with Crippen LogP contribution < -0.4 is 10.2 Å². The minimum Gasteiger partial charge on any atom is -0.289 e. The van der Waals surface area contributed by atoms with Crippen molar-refractivity contribution in [3.8, 4) is 0 Å². The van der Waals surface area contributed by atoms with Gasteiger partial charge in [0.2, 0.25) is 10.0 Å². The second-order valence-electron chi connectivity index (χ2n) is 6.26. The molecule has 1 aliphatic carbocycles. The highest BCUT2D eigenvalue weighted by Gasteiger charge is 2.30. The minimum absolute atomic E-state index is 0.0245. The van der Waals surface area contributed by atoms with Crippen molar-refractivity contribution in [3.05, 3.63) is 71.3 Å². The smallest absolute Gasteiger partial charge is 0.266 e. The van der Waals surface area contributed by atoms with Crippen LogP contribution in [0.25, 0.3) is 0 Å². The van der Waals surface area contributed by atoms with Crippen LogP contribution >= 0.6 is 0 Å². The summed E-state index contributed by atoms with van der Waals surface area (Å²) in [6.45, 7) is 0. The zero-order valence-electron chi connectivity index (χ0n) is 13.6. The Morgan fingerprint density at radius 3 is 2.16 bits per heavy atom. The molecule has 25 heavy (non-hydrogen) atoms. The van der Waals surface area contributed by atoms with Crippen LogP contribution in [0.1, 0.15) is 22.7 Å². The van der Waals surface area contributed by atoms with Gasteiger partial charge in [-0.3, -0.25) is 10.0 Å². The molecule has 1 amide bonds. The molecule has 1 unspecified atom stereocenters. The average Bonchev–Trinajstić information content (AvgIpc) is 3.01. The van der Waals surface area contributed by atoms with Crippen LogP contribution in [0.15, 0.2) is 54.6 Å². The van der Waals surface area contributed by atoms with Crippen molar-refractivity contribution in [2.24, 2.45) is 5.92 Å². The molecule has 3 rings (SSSR count). The van der Waals surface area contributed by atoms with E-state index in [0.29, 0.717) is 18.4 Å². The second-order valence-corrected chi connectivity index (χ2v) is 8.06. The van der Waals surface area contributed by atoms with E-state index in [0.717, 1.165) is 0 Å². The molecule has 2 aromatic carbocycles. The van der Waals surface area contributed by atoms with Crippen LogP contribution in [0.2, 0.25) is 0 Å². The highest BCUT2D eigenvalue weighted by Crippen LogP contribution is 2.27. The van der Waals surface area contributed by atoms with Gasteiger partial charge in [0, 0.05) is 0 Å². The van der Waals surface area contributed by atoms with Gasteiger partial charge in [0.25, 0.3) is 5.91 Å². The van der Waals surface area contributed by atoms with E-state index in [-0.39, 0.29) is 11.7 Å². The molecule has 3 N–H and O–H groups in total. The Morgan fingerprint density at radius 1 is 1.04 bits per heavy atom. The summed E-state index contributed by atoms with van der Waals surface area (Å²) in [5, 5.41) is 8.93. The Morgan fingerprint density at radius 2 is 1.60 bits per heavy atom. The van der Waals surface area contributed by atoms with Crippen LogP contribution in [0.3, 0.4) is 0 Å². The summed E-state index contributed by atoms with van der Waals surface area (Å²) in [6.07, 6.45) is 1.42. The summed E-state index contributed by atoms with van der Waals surface area (Å²) in [6, 6.07) is 15.2. The first kappa shape index (κ1) is 17.6. The first-order valence-corrected chi connectivity index (χ1v) is 9.69. The number of rotatable bonds is 6. The molecule has 1 atom stereocenters. The van der Waals surface area contributed by atoms with E-state index in [1.807, 2.05) is 24.3 Å². The number of nitrogens with one attached hydrogen (secondary N) is 2. The molecule has 1 aliphatic rings. The van der Waals surface area contributed by atoms with Crippen molar-refractivity contribution in [1.29, 1.82) is 0 Å². The highest BCUT2D eigenvalue weighted by molar-refractivity contribution is 7.89. The molecule has 0 aromatic heterocycles. The van der Waals surface area contributed by atoms with Gasteiger partial charge >= 0.3 is 0 Å². The lowest BCUT2D eigenvalue weighted by atomic mass is 10.1. The molecule has 0 bridgehead atoms. The van der Waals surface area contributed by atoms with Crippen molar-refractivity contribution in [3.63, 3.8) is 0 Å². The molecule has 132 valence electrons. The number of hydroxylamine groups is 1. The SMILES string of the molecule is O=C(NO)C(NS(=O)(=O)CC1Cc2ccccc2C1)c1ccccc1. The number of amides is 1. The summed E-state index contributed by atoms with van der Waals surface area (Å²) >= 11 is 0. The first-order valence-electron chi connectivity index (χ1n) is 8.04. The molecule has 7 heteroatoms. The van der Waals surface area contributed by atoms with Gasteiger partial charge in [0.1, 0.15) is 6.04 Å². The number of benzene rings is 2. The van der Waals surface area contributed by atoms with Crippen molar-refractivity contribution in [2.75, 3.05) is 5.75 Å². The zero-order valence-corrected chi connectivity index (χ0v) is 14.4. The number of hydrogen-bond donors (Lipinski definition) is 3. The summed E-state index contributed by atoms with van der Waals surface area (Å²) in [5.74, 6) is -0.906. The molecule has 0 spiro atoms. The van der Waals surface area contributed by atoms with Gasteiger partial charge in [-0.2, -0.15) is 4.72 Å². The lowest BCUT2D eigenvalue weighted by Crippen LogP contribution is -2.41. The monoisotopic (exact) mass is 360 g/mol. The van der Waals surface area contributed by atoms with Gasteiger partial charge in [-0.15, -0.1) is 0 Å². The van der Waals surface area contributed by atoms with Crippen LogP contribution in [-0.4, -0.2) is 25.3 Å². The Labute approximate surface area is 146 Å². The van der Waals surface area contributed by atoms with E-state index in [9.17, 15) is 13.2 Å². The number of carbonyl (C=O) groups is 1. The Bertz CT molecular complexity index is 827. The predicted octanol–water partition coefficient (Wildman–Crippen LogP) is 1.57. The highest BCUT2D eigenvalue weighted by atomic mass is 32.2. The molecule has 0 heterocycles. The van der Waals surface area contributed by atoms with Crippen molar-refractivity contribution < 1.29 is 18.4 Å². The van der Waals surface area contributed by atoms with E-state index in [1.54, 1.807) is 30.3 Å². The third-order valence-corrected chi connectivity index (χ3v) is 5.90. The van der Waals surface area contributed by atoms with E-state index in [1.165, 1.54) is 16.6 Å². The fourth-order valence-electron chi connectivity index (χ4n) is 3.29. The lowest BCUT2D eigenvalue weighted by Gasteiger charge is -2.18. The van der Waals surface area contributed by atoms with Crippen LogP contribution in [0.5, 0.6) is 0 Å².